The summed E-state index contributed by atoms with van der Waals surface area (Å²) in [6.07, 6.45) is 1.61. The van der Waals surface area contributed by atoms with Crippen molar-refractivity contribution in [3.05, 3.63) is 70.8 Å². The van der Waals surface area contributed by atoms with Gasteiger partial charge >= 0.3 is 0 Å². The summed E-state index contributed by atoms with van der Waals surface area (Å²) >= 11 is 0. The van der Waals surface area contributed by atoms with E-state index in [1.54, 1.807) is 6.08 Å². The van der Waals surface area contributed by atoms with E-state index < -0.39 is 5.91 Å². The van der Waals surface area contributed by atoms with Crippen molar-refractivity contribution in [2.75, 3.05) is 5.32 Å². The average Bonchev–Trinajstić information content (AvgIpc) is 2.54. The molecule has 0 saturated carbocycles. The van der Waals surface area contributed by atoms with Gasteiger partial charge in [0.25, 0.3) is 5.91 Å². The van der Waals surface area contributed by atoms with Crippen LogP contribution in [0.15, 0.2) is 54.1 Å². The van der Waals surface area contributed by atoms with Crippen molar-refractivity contribution in [1.29, 1.82) is 5.26 Å². The highest BCUT2D eigenvalue weighted by atomic mass is 16.1. The van der Waals surface area contributed by atoms with Gasteiger partial charge in [0.05, 0.1) is 0 Å². The van der Waals surface area contributed by atoms with Gasteiger partial charge in [0, 0.05) is 5.69 Å². The normalized spacial score (nSPS) is 11.7. The third kappa shape index (κ3) is 4.33. The predicted molar refractivity (Wildman–Crippen MR) is 98.5 cm³/mol. The Labute approximate surface area is 143 Å². The molecular formula is C21H22N2O. The van der Waals surface area contributed by atoms with Crippen LogP contribution < -0.4 is 5.32 Å². The molecule has 24 heavy (non-hydrogen) atoms. The largest absolute Gasteiger partial charge is 0.321 e. The summed E-state index contributed by atoms with van der Waals surface area (Å²) in [6, 6.07) is 17.4. The zero-order chi connectivity index (χ0) is 17.7. The van der Waals surface area contributed by atoms with Crippen molar-refractivity contribution in [2.45, 2.75) is 33.1 Å². The number of para-hydroxylation sites is 1. The monoisotopic (exact) mass is 318 g/mol. The number of nitrogens with zero attached hydrogens (tertiary/aromatic N) is 1. The molecule has 0 atom stereocenters. The Bertz CT molecular complexity index is 803. The van der Waals surface area contributed by atoms with E-state index in [-0.39, 0.29) is 11.0 Å². The Morgan fingerprint density at radius 1 is 1.08 bits per heavy atom. The molecule has 3 heteroatoms. The van der Waals surface area contributed by atoms with E-state index in [0.29, 0.717) is 5.69 Å². The number of nitriles is 1. The zero-order valence-electron chi connectivity index (χ0n) is 14.6. The molecule has 0 saturated heterocycles. The van der Waals surface area contributed by atoms with E-state index in [0.717, 1.165) is 11.1 Å². The van der Waals surface area contributed by atoms with E-state index in [4.69, 9.17) is 0 Å². The van der Waals surface area contributed by atoms with Crippen LogP contribution in [0.5, 0.6) is 0 Å². The van der Waals surface area contributed by atoms with Gasteiger partial charge in [-0.05, 0) is 41.2 Å². The summed E-state index contributed by atoms with van der Waals surface area (Å²) in [5.41, 5.74) is 3.87. The van der Waals surface area contributed by atoms with Crippen LogP contribution in [0.25, 0.3) is 6.08 Å². The molecule has 2 aromatic rings. The smallest absolute Gasteiger partial charge is 0.266 e. The molecule has 1 amide bonds. The first-order chi connectivity index (χ1) is 11.3. The molecule has 3 nitrogen and oxygen atoms in total. The topological polar surface area (TPSA) is 52.9 Å². The number of carbonyl (C=O) groups is 1. The van der Waals surface area contributed by atoms with Crippen molar-refractivity contribution in [2.24, 2.45) is 0 Å². The second-order valence-electron chi connectivity index (χ2n) is 6.81. The van der Waals surface area contributed by atoms with Crippen LogP contribution in [0.3, 0.4) is 0 Å². The highest BCUT2D eigenvalue weighted by Crippen LogP contribution is 2.23. The standard InChI is InChI=1S/C21H22N2O/c1-15-7-5-6-8-19(15)23-20(24)17(14-22)13-16-9-11-18(12-10-16)21(2,3)4/h5-13H,1-4H3,(H,23,24)/b17-13-. The third-order valence-corrected chi connectivity index (χ3v) is 3.85. The number of carbonyl (C=O) groups excluding carboxylic acids is 1. The van der Waals surface area contributed by atoms with E-state index in [9.17, 15) is 10.1 Å². The first-order valence-electron chi connectivity index (χ1n) is 7.90. The Hall–Kier alpha value is -2.86. The van der Waals surface area contributed by atoms with E-state index in [1.165, 1.54) is 5.56 Å². The molecule has 0 aliphatic rings. The van der Waals surface area contributed by atoms with Crippen LogP contribution in [0.1, 0.15) is 37.5 Å². The summed E-state index contributed by atoms with van der Waals surface area (Å²) in [5.74, 6) is -0.397. The predicted octanol–water partition coefficient (Wildman–Crippen LogP) is 4.84. The lowest BCUT2D eigenvalue weighted by atomic mass is 9.86. The molecule has 0 aliphatic carbocycles. The van der Waals surface area contributed by atoms with Crippen LogP contribution in [-0.4, -0.2) is 5.91 Å². The minimum atomic E-state index is -0.397. The maximum Gasteiger partial charge on any atom is 0.266 e. The molecule has 0 spiro atoms. The summed E-state index contributed by atoms with van der Waals surface area (Å²) in [6.45, 7) is 8.35. The minimum Gasteiger partial charge on any atom is -0.321 e. The SMILES string of the molecule is Cc1ccccc1NC(=O)/C(C#N)=C\c1ccc(C(C)(C)C)cc1. The fourth-order valence-electron chi connectivity index (χ4n) is 2.30. The molecule has 0 fully saturated rings. The van der Waals surface area contributed by atoms with Crippen LogP contribution in [-0.2, 0) is 10.2 Å². The lowest BCUT2D eigenvalue weighted by Gasteiger charge is -2.18. The molecule has 2 rings (SSSR count). The van der Waals surface area contributed by atoms with Gasteiger partial charge in [-0.2, -0.15) is 5.26 Å². The van der Waals surface area contributed by atoms with Gasteiger partial charge in [0.15, 0.2) is 0 Å². The lowest BCUT2D eigenvalue weighted by Crippen LogP contribution is -2.14. The van der Waals surface area contributed by atoms with Crippen LogP contribution in [0.4, 0.5) is 5.69 Å². The highest BCUT2D eigenvalue weighted by molar-refractivity contribution is 6.09. The quantitative estimate of drug-likeness (QED) is 0.650. The van der Waals surface area contributed by atoms with Gasteiger partial charge in [0.2, 0.25) is 0 Å². The van der Waals surface area contributed by atoms with Gasteiger partial charge in [-0.15, -0.1) is 0 Å². The summed E-state index contributed by atoms with van der Waals surface area (Å²) < 4.78 is 0. The average molecular weight is 318 g/mol. The lowest BCUT2D eigenvalue weighted by molar-refractivity contribution is -0.112. The maximum atomic E-state index is 12.3. The molecule has 0 aromatic heterocycles. The van der Waals surface area contributed by atoms with E-state index >= 15 is 0 Å². The summed E-state index contributed by atoms with van der Waals surface area (Å²) in [4.78, 5) is 12.3. The molecule has 0 heterocycles. The second-order valence-corrected chi connectivity index (χ2v) is 6.81. The number of anilines is 1. The van der Waals surface area contributed by atoms with Crippen molar-refractivity contribution in [3.63, 3.8) is 0 Å². The fraction of sp³-hybridized carbons (Fsp3) is 0.238. The molecule has 0 aliphatic heterocycles. The first kappa shape index (κ1) is 17.5. The first-order valence-corrected chi connectivity index (χ1v) is 7.90. The molecular weight excluding hydrogens is 296 g/mol. The van der Waals surface area contributed by atoms with Gasteiger partial charge in [-0.3, -0.25) is 4.79 Å². The number of aryl methyl sites for hydroxylation is 1. The molecule has 1 N–H and O–H groups in total. The Morgan fingerprint density at radius 2 is 1.71 bits per heavy atom. The number of benzene rings is 2. The van der Waals surface area contributed by atoms with E-state index in [1.807, 2.05) is 61.5 Å². The number of nitrogens with one attached hydrogen (secondary N) is 1. The van der Waals surface area contributed by atoms with Crippen LogP contribution >= 0.6 is 0 Å². The Balaban J connectivity index is 2.21. The zero-order valence-corrected chi connectivity index (χ0v) is 14.6. The molecule has 2 aromatic carbocycles. The van der Waals surface area contributed by atoms with Crippen molar-refractivity contribution >= 4 is 17.7 Å². The Kier molecular flexibility index (Phi) is 5.21. The van der Waals surface area contributed by atoms with Gasteiger partial charge in [-0.25, -0.2) is 0 Å². The van der Waals surface area contributed by atoms with Crippen molar-refractivity contribution in [1.82, 2.24) is 0 Å². The van der Waals surface area contributed by atoms with Gasteiger partial charge < -0.3 is 5.32 Å². The third-order valence-electron chi connectivity index (χ3n) is 3.85. The van der Waals surface area contributed by atoms with E-state index in [2.05, 4.69) is 26.1 Å². The van der Waals surface area contributed by atoms with Gasteiger partial charge in [0.1, 0.15) is 11.6 Å². The van der Waals surface area contributed by atoms with Crippen LogP contribution in [0, 0.1) is 18.3 Å². The molecule has 0 unspecified atom stereocenters. The number of rotatable bonds is 3. The highest BCUT2D eigenvalue weighted by Gasteiger charge is 2.14. The Morgan fingerprint density at radius 3 is 2.25 bits per heavy atom. The van der Waals surface area contributed by atoms with Crippen molar-refractivity contribution in [3.8, 4) is 6.07 Å². The molecule has 0 radical (unpaired) electrons. The molecule has 122 valence electrons. The number of hydrogen-bond donors (Lipinski definition) is 1. The summed E-state index contributed by atoms with van der Waals surface area (Å²) in [5, 5.41) is 12.1. The molecule has 0 bridgehead atoms. The fourth-order valence-corrected chi connectivity index (χ4v) is 2.30. The minimum absolute atomic E-state index is 0.0719. The summed E-state index contributed by atoms with van der Waals surface area (Å²) in [7, 11) is 0. The van der Waals surface area contributed by atoms with Crippen LogP contribution in [0.2, 0.25) is 0 Å². The maximum absolute atomic E-state index is 12.3. The van der Waals surface area contributed by atoms with Crippen molar-refractivity contribution < 1.29 is 4.79 Å². The van der Waals surface area contributed by atoms with Gasteiger partial charge in [-0.1, -0.05) is 63.2 Å². The number of amides is 1. The second kappa shape index (κ2) is 7.14. The number of hydrogen-bond acceptors (Lipinski definition) is 2.